The Bertz CT molecular complexity index is 739. The molecule has 0 radical (unpaired) electrons. The first-order valence-electron chi connectivity index (χ1n) is 7.52. The molecule has 0 saturated heterocycles. The molecular formula is C18H18N2O3. The Morgan fingerprint density at radius 1 is 1.00 bits per heavy atom. The third kappa shape index (κ3) is 3.88. The molecule has 2 aromatic rings. The molecule has 2 aromatic carbocycles. The zero-order chi connectivity index (χ0) is 16.2. The number of ether oxygens (including phenoxy) is 1. The summed E-state index contributed by atoms with van der Waals surface area (Å²) < 4.78 is 5.12. The van der Waals surface area contributed by atoms with Gasteiger partial charge in [-0.25, -0.2) is 0 Å². The van der Waals surface area contributed by atoms with Crippen molar-refractivity contribution in [3.63, 3.8) is 0 Å². The number of carbonyl (C=O) groups is 2. The van der Waals surface area contributed by atoms with Crippen LogP contribution in [0.4, 0.5) is 5.69 Å². The summed E-state index contributed by atoms with van der Waals surface area (Å²) in [6.07, 6.45) is 2.08. The molecular weight excluding hydrogens is 292 g/mol. The fourth-order valence-corrected chi connectivity index (χ4v) is 2.20. The number of nitrogens with one attached hydrogen (secondary N) is 2. The van der Waals surface area contributed by atoms with Crippen LogP contribution < -0.4 is 15.4 Å². The molecule has 2 amide bonds. The lowest BCUT2D eigenvalue weighted by molar-refractivity contribution is 0.0949. The number of methoxy groups -OCH3 is 1. The van der Waals surface area contributed by atoms with Gasteiger partial charge in [-0.05, 0) is 49.2 Å². The molecule has 23 heavy (non-hydrogen) atoms. The van der Waals surface area contributed by atoms with Gasteiger partial charge in [-0.15, -0.1) is 0 Å². The summed E-state index contributed by atoms with van der Waals surface area (Å²) in [5.41, 5.74) is 1.62. The molecule has 1 aliphatic rings. The highest BCUT2D eigenvalue weighted by atomic mass is 16.5. The topological polar surface area (TPSA) is 67.4 Å². The highest BCUT2D eigenvalue weighted by molar-refractivity contribution is 6.05. The van der Waals surface area contributed by atoms with Crippen LogP contribution in [0, 0.1) is 0 Å². The second kappa shape index (κ2) is 6.52. The third-order valence-corrected chi connectivity index (χ3v) is 3.63. The second-order valence-corrected chi connectivity index (χ2v) is 5.51. The largest absolute Gasteiger partial charge is 0.497 e. The lowest BCUT2D eigenvalue weighted by Crippen LogP contribution is -2.25. The van der Waals surface area contributed by atoms with E-state index in [0.29, 0.717) is 28.6 Å². The van der Waals surface area contributed by atoms with Crippen LogP contribution in [0.5, 0.6) is 5.75 Å². The van der Waals surface area contributed by atoms with Crippen molar-refractivity contribution in [2.75, 3.05) is 12.4 Å². The predicted octanol–water partition coefficient (Wildman–Crippen LogP) is 2.84. The van der Waals surface area contributed by atoms with Gasteiger partial charge < -0.3 is 15.4 Å². The van der Waals surface area contributed by atoms with Crippen LogP contribution in [-0.2, 0) is 0 Å². The van der Waals surface area contributed by atoms with Crippen molar-refractivity contribution in [3.05, 3.63) is 59.7 Å². The summed E-state index contributed by atoms with van der Waals surface area (Å²) in [5, 5.41) is 5.73. The zero-order valence-electron chi connectivity index (χ0n) is 12.8. The van der Waals surface area contributed by atoms with Crippen molar-refractivity contribution in [2.45, 2.75) is 18.9 Å². The number of benzene rings is 2. The van der Waals surface area contributed by atoms with Gasteiger partial charge in [0, 0.05) is 22.9 Å². The molecule has 0 bridgehead atoms. The van der Waals surface area contributed by atoms with Crippen LogP contribution in [0.1, 0.15) is 33.6 Å². The average Bonchev–Trinajstić information content (AvgIpc) is 3.39. The Morgan fingerprint density at radius 2 is 1.70 bits per heavy atom. The van der Waals surface area contributed by atoms with Crippen LogP contribution in [0.2, 0.25) is 0 Å². The van der Waals surface area contributed by atoms with E-state index < -0.39 is 0 Å². The van der Waals surface area contributed by atoms with Crippen molar-refractivity contribution in [1.82, 2.24) is 5.32 Å². The van der Waals surface area contributed by atoms with Crippen LogP contribution in [0.25, 0.3) is 0 Å². The number of hydrogen-bond acceptors (Lipinski definition) is 3. The van der Waals surface area contributed by atoms with Crippen LogP contribution in [0.3, 0.4) is 0 Å². The van der Waals surface area contributed by atoms with Crippen molar-refractivity contribution < 1.29 is 14.3 Å². The lowest BCUT2D eigenvalue weighted by atomic mass is 10.1. The molecule has 0 aromatic heterocycles. The van der Waals surface area contributed by atoms with E-state index in [2.05, 4.69) is 10.6 Å². The van der Waals surface area contributed by atoms with E-state index in [4.69, 9.17) is 4.74 Å². The number of anilines is 1. The molecule has 0 aliphatic heterocycles. The smallest absolute Gasteiger partial charge is 0.255 e. The number of hydrogen-bond donors (Lipinski definition) is 2. The maximum atomic E-state index is 12.3. The van der Waals surface area contributed by atoms with Crippen LogP contribution in [-0.4, -0.2) is 25.0 Å². The summed E-state index contributed by atoms with van der Waals surface area (Å²) in [6.45, 7) is 0. The molecule has 1 saturated carbocycles. The summed E-state index contributed by atoms with van der Waals surface area (Å²) in [6, 6.07) is 14.1. The normalized spacial score (nSPS) is 13.3. The van der Waals surface area contributed by atoms with E-state index in [9.17, 15) is 9.59 Å². The Morgan fingerprint density at radius 3 is 2.39 bits per heavy atom. The summed E-state index contributed by atoms with van der Waals surface area (Å²) >= 11 is 0. The summed E-state index contributed by atoms with van der Waals surface area (Å²) in [5.74, 6) is 0.267. The van der Waals surface area contributed by atoms with E-state index in [1.807, 2.05) is 0 Å². The van der Waals surface area contributed by atoms with Crippen molar-refractivity contribution in [2.24, 2.45) is 0 Å². The molecule has 5 heteroatoms. The lowest BCUT2D eigenvalue weighted by Gasteiger charge is -2.09. The molecule has 0 heterocycles. The van der Waals surface area contributed by atoms with Gasteiger partial charge in [-0.3, -0.25) is 9.59 Å². The molecule has 5 nitrogen and oxygen atoms in total. The summed E-state index contributed by atoms with van der Waals surface area (Å²) in [4.78, 5) is 24.3. The fraction of sp³-hybridized carbons (Fsp3) is 0.222. The van der Waals surface area contributed by atoms with Gasteiger partial charge in [0.15, 0.2) is 0 Å². The predicted molar refractivity (Wildman–Crippen MR) is 87.9 cm³/mol. The third-order valence-electron chi connectivity index (χ3n) is 3.63. The first-order valence-corrected chi connectivity index (χ1v) is 7.52. The molecule has 118 valence electrons. The van der Waals surface area contributed by atoms with E-state index in [0.717, 1.165) is 12.8 Å². The van der Waals surface area contributed by atoms with Gasteiger partial charge in [0.25, 0.3) is 11.8 Å². The molecule has 3 rings (SSSR count). The molecule has 0 spiro atoms. The molecule has 1 fully saturated rings. The Hall–Kier alpha value is -2.82. The quantitative estimate of drug-likeness (QED) is 0.892. The highest BCUT2D eigenvalue weighted by Crippen LogP contribution is 2.20. The van der Waals surface area contributed by atoms with E-state index in [-0.39, 0.29) is 11.8 Å². The SMILES string of the molecule is COc1cccc(C(=O)Nc2cccc(C(=O)NC3CC3)c2)c1. The summed E-state index contributed by atoms with van der Waals surface area (Å²) in [7, 11) is 1.55. The number of carbonyl (C=O) groups excluding carboxylic acids is 2. The van der Waals surface area contributed by atoms with Gasteiger partial charge in [-0.1, -0.05) is 12.1 Å². The minimum atomic E-state index is -0.247. The van der Waals surface area contributed by atoms with Crippen LogP contribution >= 0.6 is 0 Å². The van der Waals surface area contributed by atoms with Crippen molar-refractivity contribution in [1.29, 1.82) is 0 Å². The number of rotatable bonds is 5. The van der Waals surface area contributed by atoms with Gasteiger partial charge in [0.1, 0.15) is 5.75 Å². The molecule has 0 unspecified atom stereocenters. The monoisotopic (exact) mass is 310 g/mol. The van der Waals surface area contributed by atoms with Gasteiger partial charge in [-0.2, -0.15) is 0 Å². The first kappa shape index (κ1) is 15.1. The van der Waals surface area contributed by atoms with Gasteiger partial charge >= 0.3 is 0 Å². The Kier molecular flexibility index (Phi) is 4.28. The van der Waals surface area contributed by atoms with Crippen LogP contribution in [0.15, 0.2) is 48.5 Å². The first-order chi connectivity index (χ1) is 11.2. The Labute approximate surface area is 134 Å². The maximum absolute atomic E-state index is 12.3. The van der Waals surface area contributed by atoms with E-state index in [1.165, 1.54) is 0 Å². The minimum Gasteiger partial charge on any atom is -0.497 e. The second-order valence-electron chi connectivity index (χ2n) is 5.51. The maximum Gasteiger partial charge on any atom is 0.255 e. The van der Waals surface area contributed by atoms with Gasteiger partial charge in [0.2, 0.25) is 0 Å². The van der Waals surface area contributed by atoms with E-state index in [1.54, 1.807) is 55.6 Å². The van der Waals surface area contributed by atoms with E-state index >= 15 is 0 Å². The number of amides is 2. The zero-order valence-corrected chi connectivity index (χ0v) is 12.8. The molecule has 0 atom stereocenters. The molecule has 1 aliphatic carbocycles. The van der Waals surface area contributed by atoms with Crippen molar-refractivity contribution in [3.8, 4) is 5.75 Å². The highest BCUT2D eigenvalue weighted by Gasteiger charge is 2.23. The minimum absolute atomic E-state index is 0.107. The average molecular weight is 310 g/mol. The Balaban J connectivity index is 1.71. The molecule has 2 N–H and O–H groups in total. The van der Waals surface area contributed by atoms with Gasteiger partial charge in [0.05, 0.1) is 7.11 Å². The standard InChI is InChI=1S/C18H18N2O3/c1-23-16-7-3-5-13(11-16)18(22)20-15-6-2-4-12(10-15)17(21)19-14-8-9-14/h2-7,10-11,14H,8-9H2,1H3,(H,19,21)(H,20,22). The van der Waals surface area contributed by atoms with Crippen molar-refractivity contribution >= 4 is 17.5 Å². The fourth-order valence-electron chi connectivity index (χ4n) is 2.20.